The molecule has 0 saturated heterocycles. The van der Waals surface area contributed by atoms with Crippen molar-refractivity contribution in [2.24, 2.45) is 0 Å². The van der Waals surface area contributed by atoms with Crippen LogP contribution in [0.2, 0.25) is 0 Å². The van der Waals surface area contributed by atoms with Gasteiger partial charge < -0.3 is 27.6 Å². The van der Waals surface area contributed by atoms with Crippen molar-refractivity contribution in [1.82, 2.24) is 0 Å². The Morgan fingerprint density at radius 2 is 0.750 bits per heavy atom. The topological polar surface area (TPSA) is 28.2 Å². The van der Waals surface area contributed by atoms with Crippen molar-refractivity contribution < 1.29 is 57.8 Å². The Balaban J connectivity index is -0.0000000800. The maximum Gasteiger partial charge on any atom is 3.00 e. The van der Waals surface area contributed by atoms with Crippen LogP contribution in [-0.4, -0.2) is 26.2 Å². The molecule has 0 aliphatic heterocycles. The number of hydrogen-bond donors (Lipinski definition) is 0. The van der Waals surface area contributed by atoms with Crippen molar-refractivity contribution in [3.63, 3.8) is 0 Å². The van der Waals surface area contributed by atoms with E-state index in [1.165, 1.54) is 25.7 Å². The van der Waals surface area contributed by atoms with Crippen LogP contribution in [0.4, 0.5) is 0 Å². The maximum atomic E-state index is 4.21. The minimum absolute atomic E-state index is 0. The molecule has 0 spiro atoms. The minimum Gasteiger partial charge on any atom is -1.00 e. The van der Waals surface area contributed by atoms with Gasteiger partial charge in [0, 0.05) is 0 Å². The quantitative estimate of drug-likeness (QED) is 0.527. The van der Waals surface area contributed by atoms with E-state index >= 15 is 0 Å². The molecule has 0 bridgehead atoms. The molecule has 0 aliphatic carbocycles. The molecular weight excluding hydrogens is 396 g/mol. The molecule has 0 heterocycles. The van der Waals surface area contributed by atoms with Gasteiger partial charge >= 0.3 is 40.8 Å². The zero-order valence-electron chi connectivity index (χ0n) is 11.4. The second kappa shape index (κ2) is 30.1. The molecular formula is C12H28BrN2Nd. The van der Waals surface area contributed by atoms with Crippen molar-refractivity contribution >= 4 is 0 Å². The molecule has 0 fully saturated rings. The normalized spacial score (nSPS) is 8.25. The summed E-state index contributed by atoms with van der Waals surface area (Å²) in [6.07, 6.45) is 4.78. The number of nitrogens with zero attached hydrogens (tertiary/aromatic N) is 2. The van der Waals surface area contributed by atoms with E-state index in [1.807, 2.05) is 0 Å². The maximum absolute atomic E-state index is 4.21. The van der Waals surface area contributed by atoms with Gasteiger partial charge in [-0.25, -0.2) is 0 Å². The Bertz CT molecular complexity index is 67.4. The van der Waals surface area contributed by atoms with Gasteiger partial charge in [0.05, 0.1) is 0 Å². The summed E-state index contributed by atoms with van der Waals surface area (Å²) in [5.74, 6) is 0. The van der Waals surface area contributed by atoms with Gasteiger partial charge in [0.2, 0.25) is 0 Å². The van der Waals surface area contributed by atoms with Crippen LogP contribution >= 0.6 is 0 Å². The zero-order valence-corrected chi connectivity index (χ0v) is 16.2. The van der Waals surface area contributed by atoms with E-state index in [9.17, 15) is 0 Å². The Labute approximate surface area is 146 Å². The van der Waals surface area contributed by atoms with Crippen LogP contribution in [0, 0.1) is 40.8 Å². The molecule has 0 unspecified atom stereocenters. The van der Waals surface area contributed by atoms with Gasteiger partial charge in [-0.05, 0) is 0 Å². The molecule has 0 rings (SSSR count). The molecule has 0 N–H and O–H groups in total. The smallest absolute Gasteiger partial charge is 1.00 e. The van der Waals surface area contributed by atoms with Crippen LogP contribution in [0.5, 0.6) is 0 Å². The predicted octanol–water partition coefficient (Wildman–Crippen LogP) is 1.36. The average molecular weight is 425 g/mol. The van der Waals surface area contributed by atoms with Gasteiger partial charge in [0.1, 0.15) is 0 Å². The monoisotopic (exact) mass is 421 g/mol. The molecule has 4 heteroatoms. The second-order valence-electron chi connectivity index (χ2n) is 3.34. The van der Waals surface area contributed by atoms with Gasteiger partial charge in [-0.1, -0.05) is 53.4 Å². The first-order chi connectivity index (χ1) is 6.83. The first-order valence-corrected chi connectivity index (χ1v) is 6.09. The third-order valence-corrected chi connectivity index (χ3v) is 1.53. The molecule has 97 valence electrons. The molecule has 2 nitrogen and oxygen atoms in total. The number of rotatable bonds is 8. The predicted molar refractivity (Wildman–Crippen MR) is 67.4 cm³/mol. The molecule has 0 atom stereocenters. The Morgan fingerprint density at radius 3 is 0.875 bits per heavy atom. The number of halogens is 1. The summed E-state index contributed by atoms with van der Waals surface area (Å²) in [5.41, 5.74) is 0. The van der Waals surface area contributed by atoms with Crippen molar-refractivity contribution in [2.45, 2.75) is 53.4 Å². The summed E-state index contributed by atoms with van der Waals surface area (Å²) < 4.78 is 0. The summed E-state index contributed by atoms with van der Waals surface area (Å²) in [6, 6.07) is 0. The standard InChI is InChI=1S/2C6H14N.BrH.Nd/c2*1-3-5-7-6-4-2;;/h2*3-6H2,1-2H3;1H;/q2*-1;;+3/p-1. The van der Waals surface area contributed by atoms with E-state index in [2.05, 4.69) is 38.3 Å². The molecule has 0 aliphatic rings. The fourth-order valence-corrected chi connectivity index (χ4v) is 0.856. The van der Waals surface area contributed by atoms with Crippen molar-refractivity contribution in [3.8, 4) is 0 Å². The van der Waals surface area contributed by atoms with Crippen LogP contribution < -0.4 is 17.0 Å². The van der Waals surface area contributed by atoms with Gasteiger partial charge in [-0.15, -0.1) is 26.2 Å². The summed E-state index contributed by atoms with van der Waals surface area (Å²) >= 11 is 0. The fourth-order valence-electron chi connectivity index (χ4n) is 0.856. The van der Waals surface area contributed by atoms with Gasteiger partial charge in [0.15, 0.2) is 0 Å². The first-order valence-electron chi connectivity index (χ1n) is 6.09. The Kier molecular flexibility index (Phi) is 49.5. The van der Waals surface area contributed by atoms with Crippen molar-refractivity contribution in [1.29, 1.82) is 0 Å². The Morgan fingerprint density at radius 1 is 0.562 bits per heavy atom. The van der Waals surface area contributed by atoms with Crippen molar-refractivity contribution in [2.75, 3.05) is 26.2 Å². The molecule has 1 radical (unpaired) electrons. The summed E-state index contributed by atoms with van der Waals surface area (Å²) in [6.45, 7) is 12.8. The second-order valence-corrected chi connectivity index (χ2v) is 3.34. The van der Waals surface area contributed by atoms with Crippen molar-refractivity contribution in [3.05, 3.63) is 10.6 Å². The summed E-state index contributed by atoms with van der Waals surface area (Å²) in [5, 5.41) is 8.42. The molecule has 16 heavy (non-hydrogen) atoms. The van der Waals surface area contributed by atoms with Gasteiger partial charge in [0.25, 0.3) is 0 Å². The Hall–Kier alpha value is 1.75. The SMILES string of the molecule is CCC[N-]CCC.CCC[N-]CCC.[Br-].[Nd+3]. The average Bonchev–Trinajstić information content (AvgIpc) is 2.21. The van der Waals surface area contributed by atoms with Crippen LogP contribution in [0.3, 0.4) is 0 Å². The molecule has 0 aromatic rings. The van der Waals surface area contributed by atoms with Crippen LogP contribution in [0.15, 0.2) is 0 Å². The molecule has 0 saturated carbocycles. The van der Waals surface area contributed by atoms with E-state index in [1.54, 1.807) is 0 Å². The van der Waals surface area contributed by atoms with E-state index in [4.69, 9.17) is 0 Å². The number of hydrogen-bond acceptors (Lipinski definition) is 0. The summed E-state index contributed by atoms with van der Waals surface area (Å²) in [7, 11) is 0. The van der Waals surface area contributed by atoms with Crippen LogP contribution in [0.25, 0.3) is 10.6 Å². The minimum atomic E-state index is 0. The van der Waals surface area contributed by atoms with Gasteiger partial charge in [-0.3, -0.25) is 0 Å². The van der Waals surface area contributed by atoms with Crippen LogP contribution in [-0.2, 0) is 0 Å². The molecule has 0 amide bonds. The van der Waals surface area contributed by atoms with E-state index in [-0.39, 0.29) is 57.8 Å². The molecule has 0 aromatic heterocycles. The van der Waals surface area contributed by atoms with Gasteiger partial charge in [-0.2, -0.15) is 0 Å². The third-order valence-electron chi connectivity index (χ3n) is 1.53. The largest absolute Gasteiger partial charge is 3.00 e. The first kappa shape index (κ1) is 26.3. The summed E-state index contributed by atoms with van der Waals surface area (Å²) in [4.78, 5) is 0. The van der Waals surface area contributed by atoms with E-state index < -0.39 is 0 Å². The molecule has 0 aromatic carbocycles. The van der Waals surface area contributed by atoms with E-state index in [0.717, 1.165) is 26.2 Å². The fraction of sp³-hybridized carbons (Fsp3) is 1.00. The van der Waals surface area contributed by atoms with E-state index in [0.29, 0.717) is 0 Å². The third kappa shape index (κ3) is 36.0. The van der Waals surface area contributed by atoms with Crippen LogP contribution in [0.1, 0.15) is 53.4 Å². The zero-order chi connectivity index (χ0) is 11.1.